The first-order chi connectivity index (χ1) is 15.5. The van der Waals surface area contributed by atoms with Gasteiger partial charge in [-0.1, -0.05) is 77.0 Å². The number of fused-ring (bicyclic) bond motifs is 1. The monoisotopic (exact) mass is 478 g/mol. The largest absolute Gasteiger partial charge is 0.288 e. The van der Waals surface area contributed by atoms with E-state index in [4.69, 9.17) is 23.2 Å². The van der Waals surface area contributed by atoms with Crippen molar-refractivity contribution in [3.63, 3.8) is 0 Å². The average Bonchev–Trinajstić information content (AvgIpc) is 3.37. The molecule has 0 atom stereocenters. The van der Waals surface area contributed by atoms with Crippen LogP contribution in [0.1, 0.15) is 12.5 Å². The van der Waals surface area contributed by atoms with Crippen LogP contribution in [0.4, 0.5) is 5.69 Å². The maximum absolute atomic E-state index is 13.6. The molecule has 0 saturated carbocycles. The Balaban J connectivity index is 1.72. The fourth-order valence-corrected chi connectivity index (χ4v) is 4.86. The molecule has 5 rings (SSSR count). The summed E-state index contributed by atoms with van der Waals surface area (Å²) in [6, 6.07) is 22.5. The summed E-state index contributed by atoms with van der Waals surface area (Å²) in [7, 11) is 0. The van der Waals surface area contributed by atoms with Gasteiger partial charge in [-0.05, 0) is 37.3 Å². The molecule has 0 amide bonds. The number of H-pyrrole nitrogens is 1. The summed E-state index contributed by atoms with van der Waals surface area (Å²) in [5, 5.41) is 4.76. The predicted molar refractivity (Wildman–Crippen MR) is 133 cm³/mol. The molecule has 1 N–H and O–H groups in total. The Morgan fingerprint density at radius 1 is 1.03 bits per heavy atom. The highest BCUT2D eigenvalue weighted by molar-refractivity contribution is 7.20. The molecular weight excluding hydrogens is 463 g/mol. The molecule has 5 nitrogen and oxygen atoms in total. The summed E-state index contributed by atoms with van der Waals surface area (Å²) in [4.78, 5) is 22.9. The minimum absolute atomic E-state index is 0.228. The second kappa shape index (κ2) is 8.39. The fourth-order valence-electron chi connectivity index (χ4n) is 3.49. The summed E-state index contributed by atoms with van der Waals surface area (Å²) < 4.78 is 2.48. The van der Waals surface area contributed by atoms with E-state index in [9.17, 15) is 4.79 Å². The molecule has 0 unspecified atom stereocenters. The van der Waals surface area contributed by atoms with Gasteiger partial charge >= 0.3 is 0 Å². The molecule has 0 aliphatic rings. The molecule has 0 aliphatic carbocycles. The van der Waals surface area contributed by atoms with Crippen LogP contribution in [0.2, 0.25) is 10.0 Å². The first-order valence-electron chi connectivity index (χ1n) is 9.78. The molecule has 2 aromatic heterocycles. The zero-order valence-electron chi connectivity index (χ0n) is 16.8. The third kappa shape index (κ3) is 3.77. The molecule has 0 saturated heterocycles. The highest BCUT2D eigenvalue weighted by Crippen LogP contribution is 2.30. The normalized spacial score (nSPS) is 11.9. The van der Waals surface area contributed by atoms with Crippen molar-refractivity contribution in [2.24, 2.45) is 4.99 Å². The number of aliphatic imine (C=N–C) groups is 1. The average molecular weight is 479 g/mol. The van der Waals surface area contributed by atoms with Gasteiger partial charge in [-0.2, -0.15) is 4.68 Å². The van der Waals surface area contributed by atoms with Gasteiger partial charge < -0.3 is 0 Å². The van der Waals surface area contributed by atoms with E-state index in [-0.39, 0.29) is 5.56 Å². The van der Waals surface area contributed by atoms with Crippen LogP contribution in [0.3, 0.4) is 0 Å². The zero-order chi connectivity index (χ0) is 22.2. The van der Waals surface area contributed by atoms with Gasteiger partial charge in [-0.25, -0.2) is 4.98 Å². The summed E-state index contributed by atoms with van der Waals surface area (Å²) >= 11 is 13.8. The highest BCUT2D eigenvalue weighted by atomic mass is 35.5. The van der Waals surface area contributed by atoms with Crippen LogP contribution in [0.25, 0.3) is 26.6 Å². The number of hydrogen-bond donors (Lipinski definition) is 1. The van der Waals surface area contributed by atoms with Crippen LogP contribution < -0.4 is 5.56 Å². The van der Waals surface area contributed by atoms with Crippen LogP contribution in [0.15, 0.2) is 82.6 Å². The first kappa shape index (κ1) is 20.7. The Morgan fingerprint density at radius 3 is 2.53 bits per heavy atom. The smallest absolute Gasteiger partial charge is 0.283 e. The molecule has 158 valence electrons. The van der Waals surface area contributed by atoms with Gasteiger partial charge in [0.25, 0.3) is 5.56 Å². The predicted octanol–water partition coefficient (Wildman–Crippen LogP) is 6.89. The number of nitrogens with zero attached hydrogens (tertiary/aromatic N) is 3. The molecular formula is C24H16Cl2N4OS. The molecule has 0 aliphatic heterocycles. The molecule has 32 heavy (non-hydrogen) atoms. The van der Waals surface area contributed by atoms with Gasteiger partial charge in [-0.3, -0.25) is 14.9 Å². The molecule has 0 bridgehead atoms. The van der Waals surface area contributed by atoms with Crippen molar-refractivity contribution in [1.82, 2.24) is 14.8 Å². The lowest BCUT2D eigenvalue weighted by molar-refractivity contribution is 0.845. The third-order valence-electron chi connectivity index (χ3n) is 4.99. The minimum atomic E-state index is -0.228. The van der Waals surface area contributed by atoms with Crippen LogP contribution >= 0.6 is 34.5 Å². The van der Waals surface area contributed by atoms with E-state index in [0.717, 1.165) is 15.8 Å². The number of nitrogens with one attached hydrogen (secondary N) is 1. The number of rotatable bonds is 4. The van der Waals surface area contributed by atoms with E-state index in [0.29, 0.717) is 37.8 Å². The Labute approximate surface area is 197 Å². The lowest BCUT2D eigenvalue weighted by Crippen LogP contribution is -2.19. The van der Waals surface area contributed by atoms with Gasteiger partial charge in [-0.15, -0.1) is 0 Å². The number of aromatic nitrogens is 3. The minimum Gasteiger partial charge on any atom is -0.288 e. The third-order valence-corrected chi connectivity index (χ3v) is 6.55. The molecule has 2 heterocycles. The van der Waals surface area contributed by atoms with Crippen LogP contribution in [-0.2, 0) is 0 Å². The van der Waals surface area contributed by atoms with Gasteiger partial charge in [0, 0.05) is 10.6 Å². The second-order valence-electron chi connectivity index (χ2n) is 7.13. The number of para-hydroxylation sites is 1. The molecule has 8 heteroatoms. The van der Waals surface area contributed by atoms with Gasteiger partial charge in [0.1, 0.15) is 0 Å². The summed E-state index contributed by atoms with van der Waals surface area (Å²) in [6.07, 6.45) is 0. The number of aromatic amines is 1. The van der Waals surface area contributed by atoms with E-state index in [2.05, 4.69) is 15.1 Å². The molecule has 3 aromatic carbocycles. The summed E-state index contributed by atoms with van der Waals surface area (Å²) in [5.74, 6) is 0. The summed E-state index contributed by atoms with van der Waals surface area (Å²) in [5.41, 5.74) is 3.69. The van der Waals surface area contributed by atoms with E-state index in [1.807, 2.05) is 54.6 Å². The Morgan fingerprint density at radius 2 is 1.78 bits per heavy atom. The van der Waals surface area contributed by atoms with Crippen molar-refractivity contribution >= 4 is 56.2 Å². The Hall–Kier alpha value is -3.19. The van der Waals surface area contributed by atoms with E-state index < -0.39 is 0 Å². The first-order valence-corrected chi connectivity index (χ1v) is 11.4. The van der Waals surface area contributed by atoms with Gasteiger partial charge in [0.05, 0.1) is 37.9 Å². The SMILES string of the molecule is CC(=Nc1ccc(Cl)cc1Cl)c1c(-c2ccccc2)[nH]n(-c2nc3ccccc3s2)c1=O. The Bertz CT molecular complexity index is 1500. The van der Waals surface area contributed by atoms with Crippen LogP contribution in [-0.4, -0.2) is 20.5 Å². The number of halogens is 2. The highest BCUT2D eigenvalue weighted by Gasteiger charge is 2.21. The van der Waals surface area contributed by atoms with Crippen molar-refractivity contribution in [3.8, 4) is 16.4 Å². The lowest BCUT2D eigenvalue weighted by atomic mass is 10.1. The van der Waals surface area contributed by atoms with Crippen LogP contribution in [0.5, 0.6) is 0 Å². The molecule has 0 radical (unpaired) electrons. The van der Waals surface area contributed by atoms with Crippen molar-refractivity contribution in [2.75, 3.05) is 0 Å². The van der Waals surface area contributed by atoms with Crippen molar-refractivity contribution < 1.29 is 0 Å². The van der Waals surface area contributed by atoms with E-state index in [1.165, 1.54) is 16.0 Å². The second-order valence-corrected chi connectivity index (χ2v) is 8.98. The van der Waals surface area contributed by atoms with Gasteiger partial charge in [0.2, 0.25) is 5.13 Å². The quantitative estimate of drug-likeness (QED) is 0.285. The lowest BCUT2D eigenvalue weighted by Gasteiger charge is -2.04. The topological polar surface area (TPSA) is 63.0 Å². The van der Waals surface area contributed by atoms with Crippen molar-refractivity contribution in [2.45, 2.75) is 6.92 Å². The van der Waals surface area contributed by atoms with Crippen molar-refractivity contribution in [1.29, 1.82) is 0 Å². The summed E-state index contributed by atoms with van der Waals surface area (Å²) in [6.45, 7) is 1.80. The van der Waals surface area contributed by atoms with E-state index >= 15 is 0 Å². The zero-order valence-corrected chi connectivity index (χ0v) is 19.2. The fraction of sp³-hybridized carbons (Fsp3) is 0.0417. The van der Waals surface area contributed by atoms with Crippen LogP contribution in [0, 0.1) is 0 Å². The molecule has 0 fully saturated rings. The standard InChI is InChI=1S/C24H16Cl2N4OS/c1-14(27-18-12-11-16(25)13-17(18)26)21-22(15-7-3-2-4-8-15)29-30(23(21)31)24-28-19-9-5-6-10-20(19)32-24/h2-13,29H,1H3. The maximum Gasteiger partial charge on any atom is 0.283 e. The number of thiazole rings is 1. The van der Waals surface area contributed by atoms with Crippen molar-refractivity contribution in [3.05, 3.63) is 98.8 Å². The molecule has 5 aromatic rings. The number of benzene rings is 3. The Kier molecular flexibility index (Phi) is 5.43. The number of hydrogen-bond acceptors (Lipinski definition) is 4. The van der Waals surface area contributed by atoms with E-state index in [1.54, 1.807) is 25.1 Å². The molecule has 0 spiro atoms. The maximum atomic E-state index is 13.6. The van der Waals surface area contributed by atoms with Gasteiger partial charge in [0.15, 0.2) is 0 Å².